The molecule has 12 heavy (non-hydrogen) atoms. The quantitative estimate of drug-likeness (QED) is 0.592. The molecule has 0 saturated heterocycles. The van der Waals surface area contributed by atoms with E-state index < -0.39 is 0 Å². The largest absolute Gasteiger partial charge is 0.465 e. The molecular weight excluding hydrogens is 154 g/mol. The van der Waals surface area contributed by atoms with Gasteiger partial charge in [0.1, 0.15) is 0 Å². The van der Waals surface area contributed by atoms with Crippen molar-refractivity contribution in [3.05, 3.63) is 29.1 Å². The molecule has 0 aliphatic carbocycles. The van der Waals surface area contributed by atoms with Gasteiger partial charge in [-0.2, -0.15) is 0 Å². The summed E-state index contributed by atoms with van der Waals surface area (Å²) in [5, 5.41) is 0. The molecule has 1 aromatic heterocycles. The molecule has 3 nitrogen and oxygen atoms in total. The van der Waals surface area contributed by atoms with Crippen molar-refractivity contribution in [2.45, 2.75) is 13.8 Å². The predicted molar refractivity (Wildman–Crippen MR) is 45.1 cm³/mol. The van der Waals surface area contributed by atoms with E-state index in [0.717, 1.165) is 11.3 Å². The van der Waals surface area contributed by atoms with E-state index in [4.69, 9.17) is 0 Å². The molecule has 0 saturated carbocycles. The summed E-state index contributed by atoms with van der Waals surface area (Å²) in [6, 6.07) is 1.66. The molecule has 0 radical (unpaired) electrons. The third-order valence-corrected chi connectivity index (χ3v) is 1.86. The maximum Gasteiger partial charge on any atom is 0.338 e. The number of hydrogen-bond acceptors (Lipinski definition) is 3. The van der Waals surface area contributed by atoms with Crippen molar-refractivity contribution >= 4 is 5.97 Å². The molecule has 0 bridgehead atoms. The number of esters is 1. The van der Waals surface area contributed by atoms with Crippen molar-refractivity contribution in [2.75, 3.05) is 7.11 Å². The number of ether oxygens (including phenoxy) is 1. The fraction of sp³-hybridized carbons (Fsp3) is 0.333. The highest BCUT2D eigenvalue weighted by molar-refractivity contribution is 5.90. The summed E-state index contributed by atoms with van der Waals surface area (Å²) in [6.07, 6.45) is 1.61. The molecular formula is C9H11NO2. The van der Waals surface area contributed by atoms with Gasteiger partial charge in [0.15, 0.2) is 0 Å². The number of hydrogen-bond donors (Lipinski definition) is 0. The van der Waals surface area contributed by atoms with E-state index in [-0.39, 0.29) is 5.97 Å². The maximum atomic E-state index is 11.1. The zero-order valence-corrected chi connectivity index (χ0v) is 7.42. The number of carbonyl (C=O) groups excluding carboxylic acids is 1. The minimum absolute atomic E-state index is 0.307. The van der Waals surface area contributed by atoms with Crippen molar-refractivity contribution in [1.29, 1.82) is 0 Å². The number of aromatic nitrogens is 1. The minimum atomic E-state index is -0.307. The van der Waals surface area contributed by atoms with E-state index in [1.807, 2.05) is 13.8 Å². The van der Waals surface area contributed by atoms with Crippen LogP contribution in [0.25, 0.3) is 0 Å². The van der Waals surface area contributed by atoms with Gasteiger partial charge in [0.2, 0.25) is 0 Å². The molecule has 0 aromatic carbocycles. The summed E-state index contributed by atoms with van der Waals surface area (Å²) >= 11 is 0. The van der Waals surface area contributed by atoms with Crippen LogP contribution in [0.2, 0.25) is 0 Å². The van der Waals surface area contributed by atoms with Gasteiger partial charge in [-0.05, 0) is 25.5 Å². The molecule has 1 heterocycles. The molecule has 1 aromatic rings. The highest BCUT2D eigenvalue weighted by Gasteiger charge is 2.09. The zero-order valence-electron chi connectivity index (χ0n) is 7.42. The third-order valence-electron chi connectivity index (χ3n) is 1.86. The average Bonchev–Trinajstić information content (AvgIpc) is 2.08. The Morgan fingerprint density at radius 3 is 2.75 bits per heavy atom. The Kier molecular flexibility index (Phi) is 2.43. The number of rotatable bonds is 1. The van der Waals surface area contributed by atoms with E-state index in [0.29, 0.717) is 5.56 Å². The molecule has 0 unspecified atom stereocenters. The molecule has 0 atom stereocenters. The molecule has 0 N–H and O–H groups in total. The lowest BCUT2D eigenvalue weighted by Gasteiger charge is -2.04. The summed E-state index contributed by atoms with van der Waals surface area (Å²) in [6.45, 7) is 3.72. The summed E-state index contributed by atoms with van der Waals surface area (Å²) in [5.74, 6) is -0.307. The number of nitrogens with zero attached hydrogens (tertiary/aromatic N) is 1. The second-order valence-corrected chi connectivity index (χ2v) is 2.56. The number of carbonyl (C=O) groups is 1. The molecule has 0 aliphatic heterocycles. The number of pyridine rings is 1. The fourth-order valence-corrected chi connectivity index (χ4v) is 0.971. The van der Waals surface area contributed by atoms with Gasteiger partial charge >= 0.3 is 5.97 Å². The van der Waals surface area contributed by atoms with Crippen LogP contribution >= 0.6 is 0 Å². The van der Waals surface area contributed by atoms with Crippen LogP contribution in [-0.2, 0) is 4.74 Å². The summed E-state index contributed by atoms with van der Waals surface area (Å²) in [4.78, 5) is 15.2. The van der Waals surface area contributed by atoms with Gasteiger partial charge in [0.25, 0.3) is 0 Å². The molecule has 0 aliphatic rings. The normalized spacial score (nSPS) is 9.58. The lowest BCUT2D eigenvalue weighted by atomic mass is 10.1. The number of aryl methyl sites for hydroxylation is 1. The molecule has 0 spiro atoms. The Bertz CT molecular complexity index is 307. The first-order valence-electron chi connectivity index (χ1n) is 3.67. The van der Waals surface area contributed by atoms with Crippen LogP contribution in [0.3, 0.4) is 0 Å². The van der Waals surface area contributed by atoms with E-state index in [9.17, 15) is 4.79 Å². The fourth-order valence-electron chi connectivity index (χ4n) is 0.971. The van der Waals surface area contributed by atoms with Crippen molar-refractivity contribution < 1.29 is 9.53 Å². The maximum absolute atomic E-state index is 11.1. The smallest absolute Gasteiger partial charge is 0.338 e. The van der Waals surface area contributed by atoms with Gasteiger partial charge < -0.3 is 4.74 Å². The van der Waals surface area contributed by atoms with Crippen LogP contribution in [0.15, 0.2) is 12.3 Å². The van der Waals surface area contributed by atoms with E-state index >= 15 is 0 Å². The summed E-state index contributed by atoms with van der Waals surface area (Å²) in [5.41, 5.74) is 2.33. The Labute approximate surface area is 71.4 Å². The lowest BCUT2D eigenvalue weighted by molar-refractivity contribution is 0.0599. The summed E-state index contributed by atoms with van der Waals surface area (Å²) in [7, 11) is 1.37. The SMILES string of the molecule is COC(=O)c1ccnc(C)c1C. The van der Waals surface area contributed by atoms with Gasteiger partial charge in [-0.1, -0.05) is 0 Å². The minimum Gasteiger partial charge on any atom is -0.465 e. The van der Waals surface area contributed by atoms with Crippen LogP contribution in [0.4, 0.5) is 0 Å². The third kappa shape index (κ3) is 1.44. The van der Waals surface area contributed by atoms with Crippen LogP contribution in [0.1, 0.15) is 21.6 Å². The van der Waals surface area contributed by atoms with Gasteiger partial charge in [0.05, 0.1) is 12.7 Å². The Hall–Kier alpha value is -1.38. The van der Waals surface area contributed by atoms with Gasteiger partial charge in [-0.3, -0.25) is 4.98 Å². The van der Waals surface area contributed by atoms with Gasteiger partial charge in [0, 0.05) is 11.9 Å². The Balaban J connectivity index is 3.16. The van der Waals surface area contributed by atoms with Gasteiger partial charge in [-0.25, -0.2) is 4.79 Å². The first-order valence-corrected chi connectivity index (χ1v) is 3.67. The van der Waals surface area contributed by atoms with Crippen molar-refractivity contribution in [3.63, 3.8) is 0 Å². The molecule has 0 fully saturated rings. The standard InChI is InChI=1S/C9H11NO2/c1-6-7(2)10-5-4-8(6)9(11)12-3/h4-5H,1-3H3. The lowest BCUT2D eigenvalue weighted by Crippen LogP contribution is -2.05. The molecule has 0 amide bonds. The van der Waals surface area contributed by atoms with Crippen LogP contribution in [0.5, 0.6) is 0 Å². The van der Waals surface area contributed by atoms with Gasteiger partial charge in [-0.15, -0.1) is 0 Å². The first kappa shape index (κ1) is 8.71. The van der Waals surface area contributed by atoms with E-state index in [1.165, 1.54) is 7.11 Å². The predicted octanol–water partition coefficient (Wildman–Crippen LogP) is 1.49. The highest BCUT2D eigenvalue weighted by atomic mass is 16.5. The van der Waals surface area contributed by atoms with Crippen molar-refractivity contribution in [1.82, 2.24) is 4.98 Å². The van der Waals surface area contributed by atoms with Crippen molar-refractivity contribution in [2.24, 2.45) is 0 Å². The second-order valence-electron chi connectivity index (χ2n) is 2.56. The summed E-state index contributed by atoms with van der Waals surface area (Å²) < 4.78 is 4.61. The molecule has 64 valence electrons. The van der Waals surface area contributed by atoms with E-state index in [1.54, 1.807) is 12.3 Å². The Morgan fingerprint density at radius 2 is 2.17 bits per heavy atom. The average molecular weight is 165 g/mol. The van der Waals surface area contributed by atoms with Crippen LogP contribution in [-0.4, -0.2) is 18.1 Å². The Morgan fingerprint density at radius 1 is 1.50 bits per heavy atom. The topological polar surface area (TPSA) is 39.2 Å². The first-order chi connectivity index (χ1) is 5.66. The highest BCUT2D eigenvalue weighted by Crippen LogP contribution is 2.10. The second kappa shape index (κ2) is 3.34. The monoisotopic (exact) mass is 165 g/mol. The zero-order chi connectivity index (χ0) is 9.14. The molecule has 1 rings (SSSR count). The molecule has 3 heteroatoms. The van der Waals surface area contributed by atoms with Crippen LogP contribution in [0, 0.1) is 13.8 Å². The van der Waals surface area contributed by atoms with E-state index in [2.05, 4.69) is 9.72 Å². The van der Waals surface area contributed by atoms with Crippen LogP contribution < -0.4 is 0 Å². The number of methoxy groups -OCH3 is 1. The van der Waals surface area contributed by atoms with Crippen molar-refractivity contribution in [3.8, 4) is 0 Å².